The summed E-state index contributed by atoms with van der Waals surface area (Å²) >= 11 is 5.92. The molecule has 0 unspecified atom stereocenters. The summed E-state index contributed by atoms with van der Waals surface area (Å²) in [6, 6.07) is 5.29. The van der Waals surface area contributed by atoms with Gasteiger partial charge in [-0.1, -0.05) is 6.07 Å². The first kappa shape index (κ1) is 13.5. The van der Waals surface area contributed by atoms with Gasteiger partial charge in [-0.2, -0.15) is 13.2 Å². The molecule has 2 heterocycles. The second-order valence-electron chi connectivity index (χ2n) is 4.92. The molecule has 0 amide bonds. The van der Waals surface area contributed by atoms with Gasteiger partial charge in [0.15, 0.2) is 5.82 Å². The fraction of sp³-hybridized carbons (Fsp3) is 0.462. The van der Waals surface area contributed by atoms with E-state index in [0.29, 0.717) is 17.2 Å². The van der Waals surface area contributed by atoms with Crippen molar-refractivity contribution >= 4 is 23.1 Å². The molecule has 0 aliphatic heterocycles. The van der Waals surface area contributed by atoms with Crippen molar-refractivity contribution in [3.05, 3.63) is 30.1 Å². The van der Waals surface area contributed by atoms with Crippen LogP contribution >= 0.6 is 11.6 Å². The Morgan fingerprint density at radius 3 is 2.70 bits per heavy atom. The Bertz CT molecular complexity index is 619. The molecule has 1 aliphatic carbocycles. The molecule has 0 aromatic carbocycles. The molecule has 0 radical (unpaired) electrons. The van der Waals surface area contributed by atoms with Crippen LogP contribution in [0.2, 0.25) is 0 Å². The highest BCUT2D eigenvalue weighted by molar-refractivity contribution is 6.17. The van der Waals surface area contributed by atoms with Gasteiger partial charge in [-0.05, 0) is 25.0 Å². The Hall–Kier alpha value is -1.43. The van der Waals surface area contributed by atoms with E-state index in [-0.39, 0.29) is 11.9 Å². The number of rotatable bonds is 4. The van der Waals surface area contributed by atoms with Crippen LogP contribution in [0, 0.1) is 0 Å². The Morgan fingerprint density at radius 2 is 2.10 bits per heavy atom. The molecule has 0 atom stereocenters. The number of fused-ring (bicyclic) bond motifs is 1. The first-order valence-corrected chi connectivity index (χ1v) is 6.88. The predicted octanol–water partition coefficient (Wildman–Crippen LogP) is 3.60. The van der Waals surface area contributed by atoms with Crippen LogP contribution in [0.4, 0.5) is 19.0 Å². The van der Waals surface area contributed by atoms with E-state index in [1.165, 1.54) is 4.90 Å². The van der Waals surface area contributed by atoms with Crippen LogP contribution in [-0.4, -0.2) is 28.1 Å². The molecular weight excluding hydrogens is 291 g/mol. The van der Waals surface area contributed by atoms with Crippen molar-refractivity contribution in [3.63, 3.8) is 0 Å². The minimum Gasteiger partial charge on any atom is -0.343 e. The van der Waals surface area contributed by atoms with E-state index in [1.807, 2.05) is 0 Å². The van der Waals surface area contributed by atoms with Crippen LogP contribution in [0.5, 0.6) is 0 Å². The van der Waals surface area contributed by atoms with Gasteiger partial charge in [0.1, 0.15) is 12.2 Å². The first-order valence-electron chi connectivity index (χ1n) is 6.35. The summed E-state index contributed by atoms with van der Waals surface area (Å²) in [5.41, 5.74) is 1.23. The minimum absolute atomic E-state index is 0.0801. The lowest BCUT2D eigenvalue weighted by Crippen LogP contribution is -2.36. The van der Waals surface area contributed by atoms with Crippen LogP contribution in [0.3, 0.4) is 0 Å². The summed E-state index contributed by atoms with van der Waals surface area (Å²) in [5.74, 6) is 0.479. The molecule has 0 spiro atoms. The van der Waals surface area contributed by atoms with E-state index < -0.39 is 12.7 Å². The lowest BCUT2D eigenvalue weighted by atomic mass is 10.3. The molecule has 7 heteroatoms. The molecule has 3 nitrogen and oxygen atoms in total. The number of hydrogen-bond acceptors (Lipinski definition) is 2. The number of alkyl halides is 4. The molecular formula is C13H13ClF3N3. The SMILES string of the molecule is FC(F)(F)CN(c1nc2ccccn2c1CCl)C1CC1. The second-order valence-corrected chi connectivity index (χ2v) is 5.19. The summed E-state index contributed by atoms with van der Waals surface area (Å²) in [4.78, 5) is 5.67. The second kappa shape index (κ2) is 4.84. The first-order chi connectivity index (χ1) is 9.49. The van der Waals surface area contributed by atoms with Crippen molar-refractivity contribution in [2.45, 2.75) is 30.9 Å². The summed E-state index contributed by atoms with van der Waals surface area (Å²) in [7, 11) is 0. The van der Waals surface area contributed by atoms with Crippen LogP contribution in [-0.2, 0) is 5.88 Å². The Morgan fingerprint density at radius 1 is 1.35 bits per heavy atom. The maximum atomic E-state index is 12.8. The van der Waals surface area contributed by atoms with E-state index in [1.54, 1.807) is 28.8 Å². The zero-order valence-corrected chi connectivity index (χ0v) is 11.3. The smallest absolute Gasteiger partial charge is 0.343 e. The van der Waals surface area contributed by atoms with Crippen LogP contribution in [0.1, 0.15) is 18.5 Å². The lowest BCUT2D eigenvalue weighted by molar-refractivity contribution is -0.120. The number of nitrogens with zero attached hydrogens (tertiary/aromatic N) is 3. The van der Waals surface area contributed by atoms with Crippen LogP contribution in [0.25, 0.3) is 5.65 Å². The third-order valence-electron chi connectivity index (χ3n) is 3.34. The maximum Gasteiger partial charge on any atom is 0.405 e. The topological polar surface area (TPSA) is 20.5 Å². The van der Waals surface area contributed by atoms with Crippen molar-refractivity contribution in [3.8, 4) is 0 Å². The third-order valence-corrected chi connectivity index (χ3v) is 3.60. The lowest BCUT2D eigenvalue weighted by Gasteiger charge is -2.24. The largest absolute Gasteiger partial charge is 0.405 e. The molecule has 2 aromatic rings. The monoisotopic (exact) mass is 303 g/mol. The maximum absolute atomic E-state index is 12.8. The third kappa shape index (κ3) is 2.57. The van der Waals surface area contributed by atoms with Gasteiger partial charge in [-0.25, -0.2) is 4.98 Å². The average Bonchev–Trinajstić information content (AvgIpc) is 3.15. The van der Waals surface area contributed by atoms with Gasteiger partial charge in [0.05, 0.1) is 11.6 Å². The van der Waals surface area contributed by atoms with Crippen molar-refractivity contribution in [2.75, 3.05) is 11.4 Å². The van der Waals surface area contributed by atoms with Gasteiger partial charge in [0.2, 0.25) is 0 Å². The van der Waals surface area contributed by atoms with E-state index in [0.717, 1.165) is 12.8 Å². The summed E-state index contributed by atoms with van der Waals surface area (Å²) in [6.07, 6.45) is -0.943. The highest BCUT2D eigenvalue weighted by Gasteiger charge is 2.40. The van der Waals surface area contributed by atoms with Crippen LogP contribution < -0.4 is 4.90 Å². The van der Waals surface area contributed by atoms with Gasteiger partial charge in [-0.15, -0.1) is 11.6 Å². The molecule has 1 fully saturated rings. The summed E-state index contributed by atoms with van der Waals surface area (Å²) < 4.78 is 40.0. The fourth-order valence-corrected chi connectivity index (χ4v) is 2.59. The standard InChI is InChI=1S/C13H13ClF3N3/c14-7-10-12(18-11-3-1-2-6-19(10)11)20(9-4-5-9)8-13(15,16)17/h1-3,6,9H,4-5,7-8H2. The van der Waals surface area contributed by atoms with E-state index >= 15 is 0 Å². The Kier molecular flexibility index (Phi) is 3.28. The number of anilines is 1. The molecule has 3 rings (SSSR count). The highest BCUT2D eigenvalue weighted by Crippen LogP contribution is 2.36. The minimum atomic E-state index is -4.25. The molecule has 108 valence electrons. The summed E-state index contributed by atoms with van der Waals surface area (Å²) in [5, 5.41) is 0. The molecule has 2 aromatic heterocycles. The highest BCUT2D eigenvalue weighted by atomic mass is 35.5. The fourth-order valence-electron chi connectivity index (χ4n) is 2.34. The van der Waals surface area contributed by atoms with Gasteiger partial charge >= 0.3 is 6.18 Å². The Labute approximate surface area is 119 Å². The molecule has 20 heavy (non-hydrogen) atoms. The molecule has 1 saturated carbocycles. The van der Waals surface area contributed by atoms with Gasteiger partial charge in [-0.3, -0.25) is 0 Å². The number of imidazole rings is 1. The zero-order chi connectivity index (χ0) is 14.3. The zero-order valence-electron chi connectivity index (χ0n) is 10.6. The Balaban J connectivity index is 2.06. The summed E-state index contributed by atoms with van der Waals surface area (Å²) in [6.45, 7) is -0.981. The van der Waals surface area contributed by atoms with E-state index in [9.17, 15) is 13.2 Å². The predicted molar refractivity (Wildman–Crippen MR) is 71.2 cm³/mol. The molecule has 0 saturated heterocycles. The number of pyridine rings is 1. The van der Waals surface area contributed by atoms with Crippen molar-refractivity contribution in [1.82, 2.24) is 9.38 Å². The van der Waals surface area contributed by atoms with E-state index in [4.69, 9.17) is 11.6 Å². The normalized spacial score (nSPS) is 15.8. The van der Waals surface area contributed by atoms with E-state index in [2.05, 4.69) is 4.98 Å². The molecule has 1 aliphatic rings. The van der Waals surface area contributed by atoms with Crippen molar-refractivity contribution < 1.29 is 13.2 Å². The molecule has 0 N–H and O–H groups in total. The van der Waals surface area contributed by atoms with Gasteiger partial charge < -0.3 is 9.30 Å². The van der Waals surface area contributed by atoms with Crippen molar-refractivity contribution in [1.29, 1.82) is 0 Å². The van der Waals surface area contributed by atoms with Gasteiger partial charge in [0.25, 0.3) is 0 Å². The number of halogens is 4. The number of hydrogen-bond donors (Lipinski definition) is 0. The van der Waals surface area contributed by atoms with Crippen LogP contribution in [0.15, 0.2) is 24.4 Å². The van der Waals surface area contributed by atoms with Gasteiger partial charge in [0, 0.05) is 12.2 Å². The van der Waals surface area contributed by atoms with Crippen molar-refractivity contribution in [2.24, 2.45) is 0 Å². The average molecular weight is 304 g/mol. The quantitative estimate of drug-likeness (QED) is 0.804. The molecule has 0 bridgehead atoms. The number of aromatic nitrogens is 2.